The van der Waals surface area contributed by atoms with Gasteiger partial charge in [0.2, 0.25) is 11.0 Å². The van der Waals surface area contributed by atoms with Gasteiger partial charge in [-0.25, -0.2) is 8.78 Å². The molecule has 2 heterocycles. The van der Waals surface area contributed by atoms with Gasteiger partial charge in [0.1, 0.15) is 11.2 Å². The Morgan fingerprint density at radius 2 is 1.92 bits per heavy atom. The van der Waals surface area contributed by atoms with Crippen LogP contribution in [0.25, 0.3) is 0 Å². The highest BCUT2D eigenvalue weighted by Gasteiger charge is 2.26. The number of nitro groups is 1. The fraction of sp³-hybridized carbons (Fsp3) is 0.357. The van der Waals surface area contributed by atoms with E-state index in [1.807, 2.05) is 4.90 Å². The highest BCUT2D eigenvalue weighted by Crippen LogP contribution is 2.28. The summed E-state index contributed by atoms with van der Waals surface area (Å²) in [6.45, 7) is 1.53. The lowest BCUT2D eigenvalue weighted by molar-refractivity contribution is -0.385. The van der Waals surface area contributed by atoms with Crippen LogP contribution in [0.1, 0.15) is 0 Å². The minimum absolute atomic E-state index is 0.124. The number of nitrogens with zero attached hydrogens (tertiary/aromatic N) is 5. The highest BCUT2D eigenvalue weighted by molar-refractivity contribution is 7.13. The average Bonchev–Trinajstić information content (AvgIpc) is 3.08. The second kappa shape index (κ2) is 7.66. The van der Waals surface area contributed by atoms with Crippen LogP contribution < -0.4 is 10.2 Å². The molecule has 0 saturated carbocycles. The molecule has 0 spiro atoms. The molecule has 1 aromatic heterocycles. The summed E-state index contributed by atoms with van der Waals surface area (Å²) in [5.74, 6) is -2.19. The molecule has 0 aliphatic carbocycles. The molecule has 138 valence electrons. The number of nitro benzene ring substituents is 1. The second-order valence-corrected chi connectivity index (χ2v) is 6.40. The Bertz CT molecular complexity index is 788. The molecule has 1 aromatic carbocycles. The molecule has 9 nitrogen and oxygen atoms in total. The van der Waals surface area contributed by atoms with Crippen LogP contribution in [0, 0.1) is 21.7 Å². The van der Waals surface area contributed by atoms with Gasteiger partial charge in [-0.3, -0.25) is 25.1 Å². The first-order chi connectivity index (χ1) is 12.4. The Morgan fingerprint density at radius 3 is 2.46 bits per heavy atom. The Balaban J connectivity index is 1.58. The number of carbonyl (C=O) groups excluding carboxylic acids is 1. The first-order valence-electron chi connectivity index (χ1n) is 7.61. The molecule has 2 aromatic rings. The van der Waals surface area contributed by atoms with E-state index >= 15 is 0 Å². The molecule has 0 bridgehead atoms. The maximum Gasteiger partial charge on any atom is 0.275 e. The van der Waals surface area contributed by atoms with Crippen molar-refractivity contribution in [2.24, 2.45) is 0 Å². The number of hydrogen-bond donors (Lipinski definition) is 1. The number of carbonyl (C=O) groups is 1. The van der Waals surface area contributed by atoms with Crippen molar-refractivity contribution in [3.05, 3.63) is 39.4 Å². The minimum Gasteiger partial charge on any atom is -0.364 e. The molecule has 1 amide bonds. The van der Waals surface area contributed by atoms with E-state index < -0.39 is 22.2 Å². The quantitative estimate of drug-likeness (QED) is 0.615. The predicted molar refractivity (Wildman–Crippen MR) is 90.2 cm³/mol. The van der Waals surface area contributed by atoms with Crippen LogP contribution >= 0.6 is 11.3 Å². The van der Waals surface area contributed by atoms with Gasteiger partial charge in [-0.05, 0) is 0 Å². The zero-order valence-corrected chi connectivity index (χ0v) is 14.2. The molecule has 0 unspecified atom stereocenters. The van der Waals surface area contributed by atoms with Crippen LogP contribution in [-0.2, 0) is 4.79 Å². The van der Waals surface area contributed by atoms with E-state index in [9.17, 15) is 23.7 Å². The number of halogens is 2. The fourth-order valence-electron chi connectivity index (χ4n) is 2.68. The monoisotopic (exact) mass is 384 g/mol. The lowest BCUT2D eigenvalue weighted by Gasteiger charge is -2.35. The van der Waals surface area contributed by atoms with E-state index in [0.717, 1.165) is 0 Å². The normalized spacial score (nSPS) is 15.1. The number of benzene rings is 1. The number of nitrogens with one attached hydrogen (secondary N) is 1. The third-order valence-corrected chi connectivity index (χ3v) is 4.48. The van der Waals surface area contributed by atoms with Gasteiger partial charge < -0.3 is 4.90 Å². The molecular weight excluding hydrogens is 370 g/mol. The molecule has 12 heteroatoms. The molecular formula is C14H14F2N6O3S. The van der Waals surface area contributed by atoms with Crippen LogP contribution in [0.5, 0.6) is 0 Å². The molecule has 26 heavy (non-hydrogen) atoms. The SMILES string of the molecule is O=C(CN1CCN(c2c(F)cc([N+](=O)[O-])cc2F)CC1)Nc1nncs1. The molecule has 1 saturated heterocycles. The topological polar surface area (TPSA) is 104 Å². The van der Waals surface area contributed by atoms with E-state index in [0.29, 0.717) is 30.4 Å². The largest absolute Gasteiger partial charge is 0.364 e. The number of anilines is 2. The lowest BCUT2D eigenvalue weighted by Crippen LogP contribution is -2.49. The molecule has 1 N–H and O–H groups in total. The second-order valence-electron chi connectivity index (χ2n) is 5.57. The molecule has 0 atom stereocenters. The first-order valence-corrected chi connectivity index (χ1v) is 8.49. The highest BCUT2D eigenvalue weighted by atomic mass is 32.1. The summed E-state index contributed by atoms with van der Waals surface area (Å²) in [4.78, 5) is 25.1. The Hall–Kier alpha value is -2.73. The van der Waals surface area contributed by atoms with E-state index in [4.69, 9.17) is 0 Å². The Labute approximate surface area is 150 Å². The van der Waals surface area contributed by atoms with Gasteiger partial charge in [-0.15, -0.1) is 10.2 Å². The summed E-state index contributed by atoms with van der Waals surface area (Å²) in [6.07, 6.45) is 0. The van der Waals surface area contributed by atoms with E-state index in [1.54, 1.807) is 0 Å². The predicted octanol–water partition coefficient (Wildman–Crippen LogP) is 1.49. The summed E-state index contributed by atoms with van der Waals surface area (Å²) in [5, 5.41) is 21.0. The molecule has 3 rings (SSSR count). The van der Waals surface area contributed by atoms with Gasteiger partial charge in [0, 0.05) is 26.2 Å². The number of hydrogen-bond acceptors (Lipinski definition) is 8. The zero-order valence-electron chi connectivity index (χ0n) is 13.4. The van der Waals surface area contributed by atoms with Gasteiger partial charge in [0.15, 0.2) is 11.6 Å². The molecule has 1 aliphatic rings. The van der Waals surface area contributed by atoms with Gasteiger partial charge in [0.25, 0.3) is 5.69 Å². The minimum atomic E-state index is -0.973. The van der Waals surface area contributed by atoms with E-state index in [2.05, 4.69) is 15.5 Å². The third-order valence-electron chi connectivity index (χ3n) is 3.87. The van der Waals surface area contributed by atoms with Crippen molar-refractivity contribution in [2.45, 2.75) is 0 Å². The number of rotatable bonds is 5. The lowest BCUT2D eigenvalue weighted by atomic mass is 10.2. The molecule has 1 aliphatic heterocycles. The van der Waals surface area contributed by atoms with E-state index in [1.165, 1.54) is 21.7 Å². The Morgan fingerprint density at radius 1 is 1.27 bits per heavy atom. The summed E-state index contributed by atoms with van der Waals surface area (Å²) < 4.78 is 28.2. The standard InChI is InChI=1S/C14H14F2N6O3S/c15-10-5-9(22(24)25)6-11(16)13(10)21-3-1-20(2-4-21)7-12(23)18-14-19-17-8-26-14/h5-6,8H,1-4,7H2,(H,18,19,23). The Kier molecular flexibility index (Phi) is 5.32. The molecule has 0 radical (unpaired) electrons. The van der Waals surface area contributed by atoms with Crippen molar-refractivity contribution < 1.29 is 18.5 Å². The summed E-state index contributed by atoms with van der Waals surface area (Å²) >= 11 is 1.21. The van der Waals surface area contributed by atoms with Crippen molar-refractivity contribution >= 4 is 33.8 Å². The van der Waals surface area contributed by atoms with Gasteiger partial charge >= 0.3 is 0 Å². The summed E-state index contributed by atoms with van der Waals surface area (Å²) in [6, 6.07) is 1.42. The smallest absolute Gasteiger partial charge is 0.275 e. The van der Waals surface area contributed by atoms with Crippen molar-refractivity contribution in [3.8, 4) is 0 Å². The third kappa shape index (κ3) is 4.08. The fourth-order valence-corrected chi connectivity index (χ4v) is 3.14. The van der Waals surface area contributed by atoms with Crippen molar-refractivity contribution in [1.82, 2.24) is 15.1 Å². The number of aromatic nitrogens is 2. The van der Waals surface area contributed by atoms with Crippen LogP contribution in [-0.4, -0.2) is 58.7 Å². The van der Waals surface area contributed by atoms with Gasteiger partial charge in [-0.1, -0.05) is 11.3 Å². The molecule has 1 fully saturated rings. The van der Waals surface area contributed by atoms with Crippen LogP contribution in [0.2, 0.25) is 0 Å². The summed E-state index contributed by atoms with van der Waals surface area (Å²) in [7, 11) is 0. The van der Waals surface area contributed by atoms with Crippen molar-refractivity contribution in [3.63, 3.8) is 0 Å². The van der Waals surface area contributed by atoms with Crippen molar-refractivity contribution in [2.75, 3.05) is 42.9 Å². The zero-order chi connectivity index (χ0) is 18.7. The average molecular weight is 384 g/mol. The number of amides is 1. The van der Waals surface area contributed by atoms with Crippen LogP contribution in [0.4, 0.5) is 25.3 Å². The van der Waals surface area contributed by atoms with Crippen LogP contribution in [0.3, 0.4) is 0 Å². The number of piperazine rings is 1. The van der Waals surface area contributed by atoms with Gasteiger partial charge in [0.05, 0.1) is 23.6 Å². The maximum absolute atomic E-state index is 14.1. The summed E-state index contributed by atoms with van der Waals surface area (Å²) in [5.41, 5.74) is 0.589. The first kappa shape index (κ1) is 18.1. The van der Waals surface area contributed by atoms with Crippen molar-refractivity contribution in [1.29, 1.82) is 0 Å². The van der Waals surface area contributed by atoms with Gasteiger partial charge in [-0.2, -0.15) is 0 Å². The maximum atomic E-state index is 14.1. The van der Waals surface area contributed by atoms with E-state index in [-0.39, 0.29) is 31.2 Å². The van der Waals surface area contributed by atoms with Crippen LogP contribution in [0.15, 0.2) is 17.6 Å². The number of non-ortho nitro benzene ring substituents is 1.